The Morgan fingerprint density at radius 1 is 1.33 bits per heavy atom. The maximum absolute atomic E-state index is 13.0. The lowest BCUT2D eigenvalue weighted by Crippen LogP contribution is -2.19. The first-order valence-corrected chi connectivity index (χ1v) is 6.10. The SMILES string of the molecule is CNC(Cc1ccccn1)c1ccc(F)cc1Cl. The third-order valence-electron chi connectivity index (χ3n) is 2.83. The van der Waals surface area contributed by atoms with E-state index >= 15 is 0 Å². The average molecular weight is 265 g/mol. The molecule has 0 aliphatic rings. The highest BCUT2D eigenvalue weighted by Gasteiger charge is 2.14. The number of hydrogen-bond acceptors (Lipinski definition) is 2. The molecule has 0 saturated heterocycles. The van der Waals surface area contributed by atoms with Crippen LogP contribution in [-0.2, 0) is 6.42 Å². The molecule has 2 nitrogen and oxygen atoms in total. The molecule has 0 spiro atoms. The van der Waals surface area contributed by atoms with Gasteiger partial charge in [-0.2, -0.15) is 0 Å². The second-order valence-electron chi connectivity index (χ2n) is 4.03. The average Bonchev–Trinajstić information content (AvgIpc) is 2.38. The molecule has 1 unspecified atom stereocenters. The predicted octanol–water partition coefficient (Wildman–Crippen LogP) is 3.38. The Kier molecular flexibility index (Phi) is 4.28. The maximum Gasteiger partial charge on any atom is 0.124 e. The summed E-state index contributed by atoms with van der Waals surface area (Å²) in [5.74, 6) is -0.323. The molecule has 2 aromatic rings. The Bertz CT molecular complexity index is 516. The first-order chi connectivity index (χ1) is 8.70. The Labute approximate surface area is 111 Å². The summed E-state index contributed by atoms with van der Waals surface area (Å²) < 4.78 is 13.0. The molecule has 94 valence electrons. The highest BCUT2D eigenvalue weighted by Crippen LogP contribution is 2.25. The molecular weight excluding hydrogens is 251 g/mol. The summed E-state index contributed by atoms with van der Waals surface area (Å²) in [6.45, 7) is 0. The van der Waals surface area contributed by atoms with E-state index in [4.69, 9.17) is 11.6 Å². The number of halogens is 2. The molecule has 0 bridgehead atoms. The van der Waals surface area contributed by atoms with Crippen LogP contribution in [-0.4, -0.2) is 12.0 Å². The molecule has 4 heteroatoms. The molecule has 2 rings (SSSR count). The first-order valence-electron chi connectivity index (χ1n) is 5.73. The topological polar surface area (TPSA) is 24.9 Å². The molecule has 1 N–H and O–H groups in total. The molecule has 1 aromatic heterocycles. The van der Waals surface area contributed by atoms with Crippen LogP contribution in [0, 0.1) is 5.82 Å². The van der Waals surface area contributed by atoms with Crippen molar-refractivity contribution < 1.29 is 4.39 Å². The largest absolute Gasteiger partial charge is 0.313 e. The van der Waals surface area contributed by atoms with Crippen LogP contribution in [0.5, 0.6) is 0 Å². The summed E-state index contributed by atoms with van der Waals surface area (Å²) in [4.78, 5) is 4.28. The van der Waals surface area contributed by atoms with Crippen LogP contribution >= 0.6 is 11.6 Å². The minimum Gasteiger partial charge on any atom is -0.313 e. The number of aromatic nitrogens is 1. The third-order valence-corrected chi connectivity index (χ3v) is 3.15. The van der Waals surface area contributed by atoms with E-state index in [9.17, 15) is 4.39 Å². The highest BCUT2D eigenvalue weighted by atomic mass is 35.5. The monoisotopic (exact) mass is 264 g/mol. The van der Waals surface area contributed by atoms with Gasteiger partial charge >= 0.3 is 0 Å². The van der Waals surface area contributed by atoms with E-state index in [1.54, 1.807) is 12.3 Å². The molecule has 1 aromatic carbocycles. The number of rotatable bonds is 4. The van der Waals surface area contributed by atoms with Gasteiger partial charge in [0.15, 0.2) is 0 Å². The summed E-state index contributed by atoms with van der Waals surface area (Å²) in [5, 5.41) is 3.62. The van der Waals surface area contributed by atoms with Crippen LogP contribution in [0.3, 0.4) is 0 Å². The number of hydrogen-bond donors (Lipinski definition) is 1. The lowest BCUT2D eigenvalue weighted by atomic mass is 10.0. The van der Waals surface area contributed by atoms with Gasteiger partial charge in [0.05, 0.1) is 0 Å². The van der Waals surface area contributed by atoms with Crippen molar-refractivity contribution in [2.24, 2.45) is 0 Å². The number of nitrogens with one attached hydrogen (secondary N) is 1. The Morgan fingerprint density at radius 2 is 2.17 bits per heavy atom. The van der Waals surface area contributed by atoms with Gasteiger partial charge in [-0.1, -0.05) is 23.7 Å². The molecular formula is C14H14ClFN2. The fourth-order valence-electron chi connectivity index (χ4n) is 1.88. The number of nitrogens with zero attached hydrogens (tertiary/aromatic N) is 1. The fraction of sp³-hybridized carbons (Fsp3) is 0.214. The zero-order chi connectivity index (χ0) is 13.0. The van der Waals surface area contributed by atoms with E-state index in [-0.39, 0.29) is 11.9 Å². The molecule has 0 radical (unpaired) electrons. The molecule has 1 heterocycles. The molecule has 0 fully saturated rings. The maximum atomic E-state index is 13.0. The van der Waals surface area contributed by atoms with Crippen molar-refractivity contribution in [2.75, 3.05) is 7.05 Å². The lowest BCUT2D eigenvalue weighted by Gasteiger charge is -2.17. The predicted molar refractivity (Wildman–Crippen MR) is 71.2 cm³/mol. The minimum absolute atomic E-state index is 0.0213. The Balaban J connectivity index is 2.23. The second kappa shape index (κ2) is 5.94. The van der Waals surface area contributed by atoms with Crippen molar-refractivity contribution in [3.05, 3.63) is 64.7 Å². The molecule has 0 aliphatic carbocycles. The van der Waals surface area contributed by atoms with E-state index in [0.29, 0.717) is 11.4 Å². The van der Waals surface area contributed by atoms with Crippen molar-refractivity contribution in [1.29, 1.82) is 0 Å². The van der Waals surface area contributed by atoms with E-state index in [1.165, 1.54) is 12.1 Å². The van der Waals surface area contributed by atoms with E-state index in [0.717, 1.165) is 11.3 Å². The van der Waals surface area contributed by atoms with Gasteiger partial charge in [-0.05, 0) is 36.9 Å². The summed E-state index contributed by atoms with van der Waals surface area (Å²) >= 11 is 6.07. The molecule has 0 amide bonds. The normalized spacial score (nSPS) is 12.4. The zero-order valence-corrected chi connectivity index (χ0v) is 10.8. The fourth-order valence-corrected chi connectivity index (χ4v) is 2.18. The minimum atomic E-state index is -0.323. The zero-order valence-electron chi connectivity index (χ0n) is 10.0. The van der Waals surface area contributed by atoms with Gasteiger partial charge in [-0.25, -0.2) is 4.39 Å². The van der Waals surface area contributed by atoms with Crippen molar-refractivity contribution in [2.45, 2.75) is 12.5 Å². The number of pyridine rings is 1. The van der Waals surface area contributed by atoms with Crippen molar-refractivity contribution in [3.8, 4) is 0 Å². The van der Waals surface area contributed by atoms with E-state index in [2.05, 4.69) is 10.3 Å². The number of benzene rings is 1. The third kappa shape index (κ3) is 3.06. The van der Waals surface area contributed by atoms with Crippen LogP contribution < -0.4 is 5.32 Å². The van der Waals surface area contributed by atoms with Gasteiger partial charge in [-0.3, -0.25) is 4.98 Å². The van der Waals surface area contributed by atoms with Crippen LogP contribution in [0.4, 0.5) is 4.39 Å². The van der Waals surface area contributed by atoms with E-state index < -0.39 is 0 Å². The summed E-state index contributed by atoms with van der Waals surface area (Å²) in [7, 11) is 1.85. The van der Waals surface area contributed by atoms with Crippen molar-refractivity contribution >= 4 is 11.6 Å². The second-order valence-corrected chi connectivity index (χ2v) is 4.44. The van der Waals surface area contributed by atoms with Gasteiger partial charge in [0, 0.05) is 29.4 Å². The summed E-state index contributed by atoms with van der Waals surface area (Å²) in [6.07, 6.45) is 2.47. The molecule has 1 atom stereocenters. The summed E-state index contributed by atoms with van der Waals surface area (Å²) in [6, 6.07) is 10.3. The molecule has 0 aliphatic heterocycles. The van der Waals surface area contributed by atoms with E-state index in [1.807, 2.05) is 25.2 Å². The lowest BCUT2D eigenvalue weighted by molar-refractivity contribution is 0.579. The standard InChI is InChI=1S/C14H14ClFN2/c1-17-14(9-11-4-2-3-7-18-11)12-6-5-10(16)8-13(12)15/h2-8,14,17H,9H2,1H3. The van der Waals surface area contributed by atoms with Crippen LogP contribution in [0.15, 0.2) is 42.6 Å². The van der Waals surface area contributed by atoms with Crippen molar-refractivity contribution in [1.82, 2.24) is 10.3 Å². The number of likely N-dealkylation sites (N-methyl/N-ethyl adjacent to an activating group) is 1. The quantitative estimate of drug-likeness (QED) is 0.916. The van der Waals surface area contributed by atoms with Crippen LogP contribution in [0.2, 0.25) is 5.02 Å². The Hall–Kier alpha value is -1.45. The van der Waals surface area contributed by atoms with Crippen LogP contribution in [0.1, 0.15) is 17.3 Å². The summed E-state index contributed by atoms with van der Waals surface area (Å²) in [5.41, 5.74) is 1.85. The van der Waals surface area contributed by atoms with Gasteiger partial charge in [0.25, 0.3) is 0 Å². The van der Waals surface area contributed by atoms with Crippen LogP contribution in [0.25, 0.3) is 0 Å². The van der Waals surface area contributed by atoms with Gasteiger partial charge < -0.3 is 5.32 Å². The van der Waals surface area contributed by atoms with Crippen molar-refractivity contribution in [3.63, 3.8) is 0 Å². The Morgan fingerprint density at radius 3 is 2.78 bits per heavy atom. The van der Waals surface area contributed by atoms with Gasteiger partial charge in [0.1, 0.15) is 5.82 Å². The highest BCUT2D eigenvalue weighted by molar-refractivity contribution is 6.31. The van der Waals surface area contributed by atoms with Gasteiger partial charge in [0.2, 0.25) is 0 Å². The molecule has 18 heavy (non-hydrogen) atoms. The van der Waals surface area contributed by atoms with Gasteiger partial charge in [-0.15, -0.1) is 0 Å². The smallest absolute Gasteiger partial charge is 0.124 e. The molecule has 0 saturated carbocycles. The first kappa shape index (κ1) is 13.0.